The molecule has 2 rings (SSSR count). The molecule has 0 unspecified atom stereocenters. The van der Waals surface area contributed by atoms with Gasteiger partial charge in [0.1, 0.15) is 0 Å². The van der Waals surface area contributed by atoms with Gasteiger partial charge in [-0.2, -0.15) is 0 Å². The highest BCUT2D eigenvalue weighted by Crippen LogP contribution is 2.27. The van der Waals surface area contributed by atoms with Crippen LogP contribution < -0.4 is 10.6 Å². The number of benzene rings is 1. The van der Waals surface area contributed by atoms with Crippen LogP contribution in [0.4, 0.5) is 0 Å². The second-order valence-electron chi connectivity index (χ2n) is 5.57. The van der Waals surface area contributed by atoms with Crippen molar-refractivity contribution in [3.05, 3.63) is 35.9 Å². The molecular formula is C17H27N3O. The molecule has 0 bridgehead atoms. The predicted octanol–water partition coefficient (Wildman–Crippen LogP) is 2.56. The molecule has 0 radical (unpaired) electrons. The highest BCUT2D eigenvalue weighted by molar-refractivity contribution is 5.79. The minimum absolute atomic E-state index is 0.707. The summed E-state index contributed by atoms with van der Waals surface area (Å²) in [6.45, 7) is 3.52. The molecule has 0 spiro atoms. The zero-order chi connectivity index (χ0) is 14.8. The third-order valence-electron chi connectivity index (χ3n) is 3.60. The van der Waals surface area contributed by atoms with Crippen molar-refractivity contribution in [3.8, 4) is 0 Å². The SMILES string of the molecule is CN=C(NCCCCOCc1ccccc1)NCC1CC1. The maximum atomic E-state index is 5.67. The van der Waals surface area contributed by atoms with Gasteiger partial charge in [-0.25, -0.2) is 0 Å². The molecule has 1 fully saturated rings. The van der Waals surface area contributed by atoms with E-state index < -0.39 is 0 Å². The Morgan fingerprint density at radius 1 is 1.19 bits per heavy atom. The number of guanidine groups is 1. The summed E-state index contributed by atoms with van der Waals surface area (Å²) in [5.74, 6) is 1.79. The third kappa shape index (κ3) is 7.14. The fraction of sp³-hybridized carbons (Fsp3) is 0.588. The lowest BCUT2D eigenvalue weighted by molar-refractivity contribution is 0.117. The molecule has 1 aliphatic rings. The Bertz CT molecular complexity index is 415. The third-order valence-corrected chi connectivity index (χ3v) is 3.60. The smallest absolute Gasteiger partial charge is 0.190 e. The molecule has 0 heterocycles. The number of unbranched alkanes of at least 4 members (excludes halogenated alkanes) is 1. The standard InChI is InChI=1S/C17H27N3O/c1-18-17(20-13-15-9-10-15)19-11-5-6-12-21-14-16-7-3-2-4-8-16/h2-4,7-8,15H,5-6,9-14H2,1H3,(H2,18,19,20). The van der Waals surface area contributed by atoms with Gasteiger partial charge in [-0.1, -0.05) is 30.3 Å². The van der Waals surface area contributed by atoms with Gasteiger partial charge in [0.25, 0.3) is 0 Å². The summed E-state index contributed by atoms with van der Waals surface area (Å²) in [6.07, 6.45) is 4.89. The van der Waals surface area contributed by atoms with Crippen LogP contribution in [0.3, 0.4) is 0 Å². The van der Waals surface area contributed by atoms with Crippen LogP contribution in [0, 0.1) is 5.92 Å². The lowest BCUT2D eigenvalue weighted by Gasteiger charge is -2.11. The molecule has 1 saturated carbocycles. The number of nitrogens with one attached hydrogen (secondary N) is 2. The van der Waals surface area contributed by atoms with Crippen LogP contribution in [0.15, 0.2) is 35.3 Å². The van der Waals surface area contributed by atoms with Crippen molar-refractivity contribution in [3.63, 3.8) is 0 Å². The summed E-state index contributed by atoms with van der Waals surface area (Å²) in [5, 5.41) is 6.71. The Kier molecular flexibility index (Phi) is 7.08. The van der Waals surface area contributed by atoms with Gasteiger partial charge < -0.3 is 15.4 Å². The normalized spacial score (nSPS) is 15.0. The van der Waals surface area contributed by atoms with E-state index in [0.29, 0.717) is 6.61 Å². The first kappa shape index (κ1) is 15.8. The highest BCUT2D eigenvalue weighted by atomic mass is 16.5. The Morgan fingerprint density at radius 3 is 2.71 bits per heavy atom. The van der Waals surface area contributed by atoms with Gasteiger partial charge in [-0.05, 0) is 37.2 Å². The number of nitrogens with zero attached hydrogens (tertiary/aromatic N) is 1. The van der Waals surface area contributed by atoms with Crippen molar-refractivity contribution in [1.29, 1.82) is 0 Å². The van der Waals surface area contributed by atoms with Gasteiger partial charge in [0.2, 0.25) is 0 Å². The van der Waals surface area contributed by atoms with Crippen molar-refractivity contribution in [2.75, 3.05) is 26.7 Å². The molecule has 0 amide bonds. The monoisotopic (exact) mass is 289 g/mol. The number of ether oxygens (including phenoxy) is 1. The van der Waals surface area contributed by atoms with Crippen LogP contribution in [0.5, 0.6) is 0 Å². The fourth-order valence-corrected chi connectivity index (χ4v) is 2.08. The van der Waals surface area contributed by atoms with Crippen molar-refractivity contribution in [1.82, 2.24) is 10.6 Å². The summed E-state index contributed by atoms with van der Waals surface area (Å²) in [4.78, 5) is 4.22. The molecule has 0 saturated heterocycles. The van der Waals surface area contributed by atoms with E-state index in [2.05, 4.69) is 27.8 Å². The number of hydrogen-bond acceptors (Lipinski definition) is 2. The number of hydrogen-bond donors (Lipinski definition) is 2. The van der Waals surface area contributed by atoms with Gasteiger partial charge in [0.05, 0.1) is 6.61 Å². The van der Waals surface area contributed by atoms with E-state index in [1.54, 1.807) is 0 Å². The van der Waals surface area contributed by atoms with Crippen molar-refractivity contribution < 1.29 is 4.74 Å². The van der Waals surface area contributed by atoms with E-state index in [-0.39, 0.29) is 0 Å². The summed E-state index contributed by atoms with van der Waals surface area (Å²) in [7, 11) is 1.82. The summed E-state index contributed by atoms with van der Waals surface area (Å²) >= 11 is 0. The van der Waals surface area contributed by atoms with E-state index in [0.717, 1.165) is 44.4 Å². The van der Waals surface area contributed by atoms with Crippen LogP contribution in [-0.2, 0) is 11.3 Å². The van der Waals surface area contributed by atoms with Crippen LogP contribution in [-0.4, -0.2) is 32.7 Å². The van der Waals surface area contributed by atoms with Crippen molar-refractivity contribution in [2.45, 2.75) is 32.3 Å². The van der Waals surface area contributed by atoms with Gasteiger partial charge in [-0.15, -0.1) is 0 Å². The zero-order valence-corrected chi connectivity index (χ0v) is 13.0. The van der Waals surface area contributed by atoms with Crippen LogP contribution in [0.1, 0.15) is 31.2 Å². The van der Waals surface area contributed by atoms with Crippen LogP contribution in [0.25, 0.3) is 0 Å². The second kappa shape index (κ2) is 9.40. The van der Waals surface area contributed by atoms with E-state index >= 15 is 0 Å². The lowest BCUT2D eigenvalue weighted by atomic mass is 10.2. The Morgan fingerprint density at radius 2 is 2.00 bits per heavy atom. The molecule has 0 aliphatic heterocycles. The van der Waals surface area contributed by atoms with E-state index in [1.807, 2.05) is 25.2 Å². The molecule has 0 aromatic heterocycles. The molecule has 1 aromatic rings. The second-order valence-corrected chi connectivity index (χ2v) is 5.57. The maximum absolute atomic E-state index is 5.67. The van der Waals surface area contributed by atoms with Crippen LogP contribution in [0.2, 0.25) is 0 Å². The fourth-order valence-electron chi connectivity index (χ4n) is 2.08. The molecule has 116 valence electrons. The summed E-state index contributed by atoms with van der Waals surface area (Å²) in [5.41, 5.74) is 1.24. The summed E-state index contributed by atoms with van der Waals surface area (Å²) in [6, 6.07) is 10.3. The molecule has 4 nitrogen and oxygen atoms in total. The van der Waals surface area contributed by atoms with Crippen molar-refractivity contribution in [2.24, 2.45) is 10.9 Å². The Balaban J connectivity index is 1.43. The quantitative estimate of drug-likeness (QED) is 0.417. The highest BCUT2D eigenvalue weighted by Gasteiger charge is 2.20. The zero-order valence-electron chi connectivity index (χ0n) is 13.0. The van der Waals surface area contributed by atoms with Gasteiger partial charge in [0.15, 0.2) is 5.96 Å². The predicted molar refractivity (Wildman–Crippen MR) is 87.4 cm³/mol. The average molecular weight is 289 g/mol. The Hall–Kier alpha value is -1.55. The Labute approximate surface area is 128 Å². The lowest BCUT2D eigenvalue weighted by Crippen LogP contribution is -2.38. The minimum atomic E-state index is 0.707. The molecule has 1 aromatic carbocycles. The number of aliphatic imine (C=N–C) groups is 1. The average Bonchev–Trinajstić information content (AvgIpc) is 3.34. The first-order chi connectivity index (χ1) is 10.4. The minimum Gasteiger partial charge on any atom is -0.377 e. The van der Waals surface area contributed by atoms with E-state index in [9.17, 15) is 0 Å². The number of rotatable bonds is 9. The van der Waals surface area contributed by atoms with Crippen LogP contribution >= 0.6 is 0 Å². The molecular weight excluding hydrogens is 262 g/mol. The van der Waals surface area contributed by atoms with Gasteiger partial charge >= 0.3 is 0 Å². The molecule has 1 aliphatic carbocycles. The molecule has 0 atom stereocenters. The van der Waals surface area contributed by atoms with E-state index in [4.69, 9.17) is 4.74 Å². The summed E-state index contributed by atoms with van der Waals surface area (Å²) < 4.78 is 5.67. The van der Waals surface area contributed by atoms with Gasteiger partial charge in [-0.3, -0.25) is 4.99 Å². The maximum Gasteiger partial charge on any atom is 0.190 e. The first-order valence-electron chi connectivity index (χ1n) is 7.94. The van der Waals surface area contributed by atoms with Gasteiger partial charge in [0, 0.05) is 26.7 Å². The van der Waals surface area contributed by atoms with E-state index in [1.165, 1.54) is 18.4 Å². The molecule has 4 heteroatoms. The molecule has 21 heavy (non-hydrogen) atoms. The van der Waals surface area contributed by atoms with Crippen molar-refractivity contribution >= 4 is 5.96 Å². The first-order valence-corrected chi connectivity index (χ1v) is 7.94. The largest absolute Gasteiger partial charge is 0.377 e. The molecule has 2 N–H and O–H groups in total. The topological polar surface area (TPSA) is 45.7 Å².